The maximum absolute atomic E-state index is 10.6. The van der Waals surface area contributed by atoms with Gasteiger partial charge in [-0.25, -0.2) is 0 Å². The molecule has 3 heterocycles. The molecule has 0 radical (unpaired) electrons. The Hall–Kier alpha value is -2.52. The Morgan fingerprint density at radius 2 is 1.32 bits per heavy atom. The van der Waals surface area contributed by atoms with Crippen LogP contribution in [0.4, 0.5) is 0 Å². The predicted molar refractivity (Wildman–Crippen MR) is 108 cm³/mol. The molecule has 2 unspecified atom stereocenters. The summed E-state index contributed by atoms with van der Waals surface area (Å²) >= 11 is 0. The van der Waals surface area contributed by atoms with Crippen molar-refractivity contribution in [1.82, 2.24) is 0 Å². The normalized spacial score (nSPS) is 31.7. The molecule has 166 valence electrons. The molecular weight excluding hydrogens is 404 g/mol. The third kappa shape index (κ3) is 3.70. The molecule has 2 aromatic carbocycles. The van der Waals surface area contributed by atoms with Gasteiger partial charge in [0.15, 0.2) is 35.6 Å². The van der Waals surface area contributed by atoms with E-state index >= 15 is 0 Å². The Morgan fingerprint density at radius 3 is 1.97 bits per heavy atom. The lowest BCUT2D eigenvalue weighted by Gasteiger charge is -2.48. The largest absolute Gasteiger partial charge is 0.493 e. The van der Waals surface area contributed by atoms with Crippen molar-refractivity contribution in [3.8, 4) is 23.0 Å². The second-order valence-electron chi connectivity index (χ2n) is 8.05. The molecule has 31 heavy (non-hydrogen) atoms. The Labute approximate surface area is 180 Å². The van der Waals surface area contributed by atoms with Crippen LogP contribution in [0.1, 0.15) is 36.2 Å². The molecule has 0 aromatic heterocycles. The average Bonchev–Trinajstić information content (AvgIpc) is 3.26. The first-order valence-electron chi connectivity index (χ1n) is 10.4. The summed E-state index contributed by atoms with van der Waals surface area (Å²) < 4.78 is 33.6. The fourth-order valence-corrected chi connectivity index (χ4v) is 4.93. The summed E-state index contributed by atoms with van der Waals surface area (Å²) in [5.41, 5.74) is 1.73. The van der Waals surface area contributed by atoms with Crippen molar-refractivity contribution in [2.75, 3.05) is 21.0 Å². The molecule has 8 nitrogen and oxygen atoms in total. The Bertz CT molecular complexity index is 947. The van der Waals surface area contributed by atoms with E-state index in [2.05, 4.69) is 0 Å². The average molecular weight is 430 g/mol. The van der Waals surface area contributed by atoms with Crippen LogP contribution in [0.3, 0.4) is 0 Å². The fraction of sp³-hybridized carbons (Fsp3) is 0.478. The van der Waals surface area contributed by atoms with Gasteiger partial charge in [-0.15, -0.1) is 0 Å². The highest BCUT2D eigenvalue weighted by molar-refractivity contribution is 5.46. The summed E-state index contributed by atoms with van der Waals surface area (Å²) in [5, 5.41) is 21.1. The van der Waals surface area contributed by atoms with Crippen molar-refractivity contribution >= 4 is 0 Å². The van der Waals surface area contributed by atoms with Gasteiger partial charge in [0.05, 0.1) is 26.4 Å². The maximum atomic E-state index is 10.6. The van der Waals surface area contributed by atoms with Crippen LogP contribution in [0, 0.1) is 11.8 Å². The van der Waals surface area contributed by atoms with Gasteiger partial charge in [0.1, 0.15) is 0 Å². The monoisotopic (exact) mass is 430 g/mol. The number of ether oxygens (including phenoxy) is 6. The van der Waals surface area contributed by atoms with Gasteiger partial charge >= 0.3 is 0 Å². The highest BCUT2D eigenvalue weighted by atomic mass is 16.7. The molecule has 3 aliphatic rings. The molecule has 2 fully saturated rings. The summed E-state index contributed by atoms with van der Waals surface area (Å²) in [6, 6.07) is 11.2. The van der Waals surface area contributed by atoms with E-state index in [1.54, 1.807) is 14.2 Å². The lowest BCUT2D eigenvalue weighted by atomic mass is 9.72. The molecule has 0 spiro atoms. The maximum Gasteiger partial charge on any atom is 0.231 e. The SMILES string of the molecule is COc1ccc([C@H]2OC(O)C[C@H]3[C@@H]2CC(O)O[C@@H]3c2ccc3c(c2)OCO3)cc1OC. The van der Waals surface area contributed by atoms with Crippen molar-refractivity contribution in [2.24, 2.45) is 11.8 Å². The fourth-order valence-electron chi connectivity index (χ4n) is 4.93. The highest BCUT2D eigenvalue weighted by Crippen LogP contribution is 2.52. The lowest BCUT2D eigenvalue weighted by Crippen LogP contribution is -2.45. The van der Waals surface area contributed by atoms with Crippen LogP contribution in [0.5, 0.6) is 23.0 Å². The van der Waals surface area contributed by atoms with Crippen molar-refractivity contribution in [3.63, 3.8) is 0 Å². The Morgan fingerprint density at radius 1 is 0.742 bits per heavy atom. The van der Waals surface area contributed by atoms with Crippen molar-refractivity contribution in [1.29, 1.82) is 0 Å². The molecular formula is C23H26O8. The minimum absolute atomic E-state index is 0.0642. The van der Waals surface area contributed by atoms with Gasteiger partial charge in [-0.2, -0.15) is 0 Å². The molecule has 3 aliphatic heterocycles. The molecule has 8 heteroatoms. The second kappa shape index (κ2) is 8.20. The number of aliphatic hydroxyl groups excluding tert-OH is 2. The summed E-state index contributed by atoms with van der Waals surface area (Å²) in [6.45, 7) is 0.187. The van der Waals surface area contributed by atoms with E-state index in [1.165, 1.54) is 0 Å². The Kier molecular flexibility index (Phi) is 5.39. The summed E-state index contributed by atoms with van der Waals surface area (Å²) in [7, 11) is 3.16. The van der Waals surface area contributed by atoms with Crippen LogP contribution in [-0.4, -0.2) is 43.8 Å². The Balaban J connectivity index is 1.49. The summed E-state index contributed by atoms with van der Waals surface area (Å²) in [5.74, 6) is 2.41. The third-order valence-corrected chi connectivity index (χ3v) is 6.34. The van der Waals surface area contributed by atoms with Crippen LogP contribution >= 0.6 is 0 Å². The topological polar surface area (TPSA) is 95.8 Å². The molecule has 0 amide bonds. The highest BCUT2D eigenvalue weighted by Gasteiger charge is 2.48. The molecule has 0 aliphatic carbocycles. The smallest absolute Gasteiger partial charge is 0.231 e. The minimum atomic E-state index is -0.949. The van der Waals surface area contributed by atoms with E-state index in [1.807, 2.05) is 36.4 Å². The van der Waals surface area contributed by atoms with E-state index in [0.717, 1.165) is 11.1 Å². The summed E-state index contributed by atoms with van der Waals surface area (Å²) in [4.78, 5) is 0. The van der Waals surface area contributed by atoms with Crippen LogP contribution in [0.25, 0.3) is 0 Å². The van der Waals surface area contributed by atoms with E-state index in [0.29, 0.717) is 35.8 Å². The first-order valence-corrected chi connectivity index (χ1v) is 10.4. The standard InChI is InChI=1S/C23H26O8/c1-26-16-5-3-12(7-18(16)27-2)22-14-9-21(25)31-23(15(14)10-20(24)30-22)13-4-6-17-19(8-13)29-11-28-17/h3-8,14-15,20-25H,9-11H2,1-2H3/t14-,15-,20?,21?,22+,23+/m0/s1. The van der Waals surface area contributed by atoms with Crippen LogP contribution in [-0.2, 0) is 9.47 Å². The number of hydrogen-bond donors (Lipinski definition) is 2. The zero-order chi connectivity index (χ0) is 21.5. The lowest BCUT2D eigenvalue weighted by molar-refractivity contribution is -0.277. The van der Waals surface area contributed by atoms with Gasteiger partial charge in [-0.3, -0.25) is 0 Å². The van der Waals surface area contributed by atoms with Gasteiger partial charge in [-0.05, 0) is 35.4 Å². The zero-order valence-electron chi connectivity index (χ0n) is 17.4. The van der Waals surface area contributed by atoms with Crippen molar-refractivity contribution in [3.05, 3.63) is 47.5 Å². The first kappa shape index (κ1) is 20.4. The molecule has 6 atom stereocenters. The van der Waals surface area contributed by atoms with Gasteiger partial charge in [-0.1, -0.05) is 12.1 Å². The van der Waals surface area contributed by atoms with Gasteiger partial charge < -0.3 is 38.6 Å². The zero-order valence-corrected chi connectivity index (χ0v) is 17.4. The molecule has 2 aromatic rings. The number of rotatable bonds is 4. The van der Waals surface area contributed by atoms with E-state index < -0.39 is 24.8 Å². The van der Waals surface area contributed by atoms with Gasteiger partial charge in [0.25, 0.3) is 0 Å². The van der Waals surface area contributed by atoms with Gasteiger partial charge in [0.2, 0.25) is 6.79 Å². The number of hydrogen-bond acceptors (Lipinski definition) is 8. The molecule has 0 bridgehead atoms. The predicted octanol–water partition coefficient (Wildman–Crippen LogP) is 2.92. The molecule has 0 saturated carbocycles. The van der Waals surface area contributed by atoms with E-state index in [4.69, 9.17) is 28.4 Å². The summed E-state index contributed by atoms with van der Waals surface area (Å²) in [6.07, 6.45) is -1.93. The quantitative estimate of drug-likeness (QED) is 0.765. The van der Waals surface area contributed by atoms with Crippen molar-refractivity contribution in [2.45, 2.75) is 37.6 Å². The third-order valence-electron chi connectivity index (χ3n) is 6.34. The number of aliphatic hydroxyl groups is 2. The van der Waals surface area contributed by atoms with E-state index in [9.17, 15) is 10.2 Å². The van der Waals surface area contributed by atoms with E-state index in [-0.39, 0.29) is 18.6 Å². The van der Waals surface area contributed by atoms with Crippen LogP contribution in [0.2, 0.25) is 0 Å². The van der Waals surface area contributed by atoms with Gasteiger partial charge in [0, 0.05) is 24.7 Å². The molecule has 5 rings (SSSR count). The molecule has 2 saturated heterocycles. The number of methoxy groups -OCH3 is 2. The molecule has 2 N–H and O–H groups in total. The second-order valence-corrected chi connectivity index (χ2v) is 8.05. The van der Waals surface area contributed by atoms with Crippen molar-refractivity contribution < 1.29 is 38.6 Å². The van der Waals surface area contributed by atoms with Crippen LogP contribution < -0.4 is 18.9 Å². The minimum Gasteiger partial charge on any atom is -0.493 e. The number of fused-ring (bicyclic) bond motifs is 2. The van der Waals surface area contributed by atoms with Crippen LogP contribution in [0.15, 0.2) is 36.4 Å². The first-order chi connectivity index (χ1) is 15.1. The number of benzene rings is 2.